The van der Waals surface area contributed by atoms with Crippen LogP contribution in [0.15, 0.2) is 16.6 Å². The van der Waals surface area contributed by atoms with Gasteiger partial charge in [0.15, 0.2) is 0 Å². The van der Waals surface area contributed by atoms with Crippen LogP contribution in [0.25, 0.3) is 0 Å². The second-order valence-electron chi connectivity index (χ2n) is 7.91. The zero-order chi connectivity index (χ0) is 15.3. The van der Waals surface area contributed by atoms with Crippen LogP contribution < -0.4 is 5.32 Å². The van der Waals surface area contributed by atoms with E-state index in [1.54, 1.807) is 0 Å². The van der Waals surface area contributed by atoms with Crippen molar-refractivity contribution in [1.82, 2.24) is 4.98 Å². The Labute approximate surface area is 140 Å². The second kappa shape index (κ2) is 5.33. The molecule has 0 unspecified atom stereocenters. The van der Waals surface area contributed by atoms with E-state index >= 15 is 0 Å². The lowest BCUT2D eigenvalue weighted by Gasteiger charge is -2.56. The standard InChI is InChI=1S/C18H23BrN2O/c1-11-15(19)2-3-16(20-11)21-17(22)10-18-7-12-4-13(8-18)6-14(5-12)9-18/h2-3,12-14H,4-10H2,1H3,(H,20,21,22). The summed E-state index contributed by atoms with van der Waals surface area (Å²) < 4.78 is 0.978. The molecule has 4 saturated carbocycles. The van der Waals surface area contributed by atoms with Gasteiger partial charge in [0.1, 0.15) is 5.82 Å². The number of carbonyl (C=O) groups excluding carboxylic acids is 1. The van der Waals surface area contributed by atoms with Crippen molar-refractivity contribution in [3.05, 3.63) is 22.3 Å². The van der Waals surface area contributed by atoms with E-state index in [0.29, 0.717) is 17.7 Å². The summed E-state index contributed by atoms with van der Waals surface area (Å²) in [6.45, 7) is 1.94. The van der Waals surface area contributed by atoms with Crippen molar-refractivity contribution in [1.29, 1.82) is 0 Å². The first-order valence-electron chi connectivity index (χ1n) is 8.44. The quantitative estimate of drug-likeness (QED) is 0.846. The number of aromatic nitrogens is 1. The van der Waals surface area contributed by atoms with Gasteiger partial charge in [-0.25, -0.2) is 4.98 Å². The van der Waals surface area contributed by atoms with Crippen LogP contribution in [-0.4, -0.2) is 10.9 Å². The second-order valence-corrected chi connectivity index (χ2v) is 8.76. The van der Waals surface area contributed by atoms with Gasteiger partial charge in [-0.05, 0) is 96.7 Å². The summed E-state index contributed by atoms with van der Waals surface area (Å²) in [7, 11) is 0. The number of nitrogens with one attached hydrogen (secondary N) is 1. The minimum Gasteiger partial charge on any atom is -0.311 e. The van der Waals surface area contributed by atoms with Crippen LogP contribution >= 0.6 is 15.9 Å². The smallest absolute Gasteiger partial charge is 0.226 e. The molecule has 1 heterocycles. The zero-order valence-corrected chi connectivity index (χ0v) is 14.7. The van der Waals surface area contributed by atoms with Gasteiger partial charge in [-0.1, -0.05) is 0 Å². The fourth-order valence-corrected chi connectivity index (χ4v) is 5.87. The fourth-order valence-electron chi connectivity index (χ4n) is 5.65. The monoisotopic (exact) mass is 362 g/mol. The lowest BCUT2D eigenvalue weighted by atomic mass is 9.49. The lowest BCUT2D eigenvalue weighted by Crippen LogP contribution is -2.47. The van der Waals surface area contributed by atoms with Crippen LogP contribution in [-0.2, 0) is 4.79 Å². The van der Waals surface area contributed by atoms with E-state index in [9.17, 15) is 4.79 Å². The highest BCUT2D eigenvalue weighted by Gasteiger charge is 2.51. The number of anilines is 1. The molecule has 0 aromatic carbocycles. The first-order valence-corrected chi connectivity index (χ1v) is 9.24. The molecule has 0 saturated heterocycles. The molecule has 4 fully saturated rings. The minimum absolute atomic E-state index is 0.149. The van der Waals surface area contributed by atoms with E-state index < -0.39 is 0 Å². The Morgan fingerprint density at radius 2 is 1.82 bits per heavy atom. The number of pyridine rings is 1. The predicted octanol–water partition coefficient (Wildman–Crippen LogP) is 4.70. The van der Waals surface area contributed by atoms with Crippen molar-refractivity contribution in [3.63, 3.8) is 0 Å². The van der Waals surface area contributed by atoms with Crippen LogP contribution in [0, 0.1) is 30.1 Å². The third-order valence-corrected chi connectivity index (χ3v) is 6.83. The van der Waals surface area contributed by atoms with Crippen LogP contribution in [0.1, 0.15) is 50.6 Å². The van der Waals surface area contributed by atoms with Gasteiger partial charge in [-0.3, -0.25) is 4.79 Å². The SMILES string of the molecule is Cc1nc(NC(=O)CC23CC4CC(CC(C4)C2)C3)ccc1Br. The summed E-state index contributed by atoms with van der Waals surface area (Å²) in [4.78, 5) is 17.0. The van der Waals surface area contributed by atoms with Gasteiger partial charge in [0.2, 0.25) is 5.91 Å². The summed E-state index contributed by atoms with van der Waals surface area (Å²) in [5.41, 5.74) is 1.20. The van der Waals surface area contributed by atoms with E-state index in [1.807, 2.05) is 19.1 Å². The first kappa shape index (κ1) is 14.7. The number of amides is 1. The Kier molecular flexibility index (Phi) is 3.55. The van der Waals surface area contributed by atoms with Gasteiger partial charge in [0.05, 0.1) is 5.69 Å². The highest BCUT2D eigenvalue weighted by atomic mass is 79.9. The number of carbonyl (C=O) groups is 1. The highest BCUT2D eigenvalue weighted by Crippen LogP contribution is 2.61. The van der Waals surface area contributed by atoms with Gasteiger partial charge < -0.3 is 5.32 Å². The number of hydrogen-bond acceptors (Lipinski definition) is 2. The third-order valence-electron chi connectivity index (χ3n) is 5.99. The number of hydrogen-bond donors (Lipinski definition) is 1. The molecule has 5 rings (SSSR count). The molecule has 4 aliphatic carbocycles. The van der Waals surface area contributed by atoms with Crippen molar-refractivity contribution >= 4 is 27.7 Å². The topological polar surface area (TPSA) is 42.0 Å². The molecule has 3 nitrogen and oxygen atoms in total. The Bertz CT molecular complexity index is 578. The molecule has 1 N–H and O–H groups in total. The maximum Gasteiger partial charge on any atom is 0.226 e. The lowest BCUT2D eigenvalue weighted by molar-refractivity contribution is -0.124. The number of halogens is 1. The van der Waals surface area contributed by atoms with E-state index in [0.717, 1.165) is 27.9 Å². The van der Waals surface area contributed by atoms with Gasteiger partial charge in [-0.15, -0.1) is 0 Å². The normalized spacial score (nSPS) is 35.6. The highest BCUT2D eigenvalue weighted by molar-refractivity contribution is 9.10. The minimum atomic E-state index is 0.149. The van der Waals surface area contributed by atoms with E-state index in [1.165, 1.54) is 38.5 Å². The Morgan fingerprint density at radius 1 is 1.23 bits per heavy atom. The van der Waals surface area contributed by atoms with Crippen molar-refractivity contribution in [2.45, 2.75) is 51.9 Å². The van der Waals surface area contributed by atoms with Crippen molar-refractivity contribution in [2.75, 3.05) is 5.32 Å². The van der Waals surface area contributed by atoms with Gasteiger partial charge in [-0.2, -0.15) is 0 Å². The predicted molar refractivity (Wildman–Crippen MR) is 90.5 cm³/mol. The molecule has 0 aliphatic heterocycles. The molecular weight excluding hydrogens is 340 g/mol. The Morgan fingerprint density at radius 3 is 2.36 bits per heavy atom. The first-order chi connectivity index (χ1) is 10.5. The van der Waals surface area contributed by atoms with E-state index in [2.05, 4.69) is 26.2 Å². The van der Waals surface area contributed by atoms with Crippen molar-refractivity contribution < 1.29 is 4.79 Å². The summed E-state index contributed by atoms with van der Waals surface area (Å²) in [5, 5.41) is 3.01. The van der Waals surface area contributed by atoms with Crippen LogP contribution in [0.5, 0.6) is 0 Å². The Balaban J connectivity index is 1.44. The number of aryl methyl sites for hydroxylation is 1. The molecule has 4 aliphatic rings. The van der Waals surface area contributed by atoms with Crippen LogP contribution in [0.2, 0.25) is 0 Å². The summed E-state index contributed by atoms with van der Waals surface area (Å²) in [6, 6.07) is 3.82. The average molecular weight is 363 g/mol. The van der Waals surface area contributed by atoms with Gasteiger partial charge in [0, 0.05) is 10.9 Å². The third kappa shape index (κ3) is 2.70. The van der Waals surface area contributed by atoms with Gasteiger partial charge >= 0.3 is 0 Å². The molecule has 118 valence electrons. The number of rotatable bonds is 3. The molecule has 22 heavy (non-hydrogen) atoms. The molecule has 1 aromatic heterocycles. The molecular formula is C18H23BrN2O. The van der Waals surface area contributed by atoms with Gasteiger partial charge in [0.25, 0.3) is 0 Å². The molecule has 4 bridgehead atoms. The summed E-state index contributed by atoms with van der Waals surface area (Å²) in [5.74, 6) is 3.51. The van der Waals surface area contributed by atoms with Crippen molar-refractivity contribution in [2.24, 2.45) is 23.2 Å². The number of nitrogens with zero attached hydrogens (tertiary/aromatic N) is 1. The summed E-state index contributed by atoms with van der Waals surface area (Å²) >= 11 is 3.45. The zero-order valence-electron chi connectivity index (χ0n) is 13.1. The summed E-state index contributed by atoms with van der Waals surface area (Å²) in [6.07, 6.45) is 8.79. The van der Waals surface area contributed by atoms with Crippen LogP contribution in [0.3, 0.4) is 0 Å². The molecule has 1 aromatic rings. The molecule has 4 heteroatoms. The molecule has 0 atom stereocenters. The van der Waals surface area contributed by atoms with Crippen LogP contribution in [0.4, 0.5) is 5.82 Å². The fraction of sp³-hybridized carbons (Fsp3) is 0.667. The average Bonchev–Trinajstić information content (AvgIpc) is 2.40. The maximum atomic E-state index is 12.5. The largest absolute Gasteiger partial charge is 0.311 e. The Hall–Kier alpha value is -0.900. The van der Waals surface area contributed by atoms with E-state index in [-0.39, 0.29) is 5.91 Å². The molecule has 0 spiro atoms. The maximum absolute atomic E-state index is 12.5. The van der Waals surface area contributed by atoms with E-state index in [4.69, 9.17) is 0 Å². The molecule has 1 amide bonds. The van der Waals surface area contributed by atoms with Crippen molar-refractivity contribution in [3.8, 4) is 0 Å². The molecule has 0 radical (unpaired) electrons.